The van der Waals surface area contributed by atoms with E-state index in [0.29, 0.717) is 5.56 Å². The number of methoxy groups -OCH3 is 1. The van der Waals surface area contributed by atoms with Crippen LogP contribution in [-0.4, -0.2) is 13.9 Å². The van der Waals surface area contributed by atoms with E-state index in [1.165, 1.54) is 19.2 Å². The summed E-state index contributed by atoms with van der Waals surface area (Å²) in [6.07, 6.45) is -4.47. The summed E-state index contributed by atoms with van der Waals surface area (Å²) in [4.78, 5) is 0. The Morgan fingerprint density at radius 3 is 2.50 bits per heavy atom. The zero-order valence-electron chi connectivity index (χ0n) is 8.47. The quantitative estimate of drug-likeness (QED) is 0.605. The largest absolute Gasteiger partial charge is 0.467 e. The van der Waals surface area contributed by atoms with Crippen molar-refractivity contribution in [3.8, 4) is 5.75 Å². The van der Waals surface area contributed by atoms with E-state index in [-0.39, 0.29) is 18.4 Å². The number of rotatable bonds is 4. The fraction of sp³-hybridized carbons (Fsp3) is 0.400. The Morgan fingerprint density at radius 1 is 1.31 bits per heavy atom. The average Bonchev–Trinajstić information content (AvgIpc) is 2.25. The zero-order valence-corrected chi connectivity index (χ0v) is 9.23. The van der Waals surface area contributed by atoms with Crippen LogP contribution in [0.4, 0.5) is 13.2 Å². The number of ether oxygens (including phenoxy) is 2. The molecular formula is C10H10ClF3O2. The predicted molar refractivity (Wildman–Crippen MR) is 53.5 cm³/mol. The molecule has 0 aliphatic heterocycles. The Labute approximate surface area is 95.9 Å². The van der Waals surface area contributed by atoms with Gasteiger partial charge >= 0.3 is 6.18 Å². The van der Waals surface area contributed by atoms with Gasteiger partial charge in [-0.05, 0) is 17.7 Å². The van der Waals surface area contributed by atoms with E-state index in [9.17, 15) is 13.2 Å². The van der Waals surface area contributed by atoms with Crippen LogP contribution in [0.25, 0.3) is 0 Å². The van der Waals surface area contributed by atoms with Gasteiger partial charge in [0.25, 0.3) is 0 Å². The molecule has 16 heavy (non-hydrogen) atoms. The summed E-state index contributed by atoms with van der Waals surface area (Å²) < 4.78 is 47.3. The van der Waals surface area contributed by atoms with Gasteiger partial charge in [0.1, 0.15) is 5.75 Å². The SMILES string of the molecule is COCOc1ccc(CCl)cc1C(F)(F)F. The first-order chi connectivity index (χ1) is 7.49. The molecule has 6 heteroatoms. The second-order valence-electron chi connectivity index (χ2n) is 3.01. The molecule has 0 amide bonds. The van der Waals surface area contributed by atoms with Gasteiger partial charge in [0.05, 0.1) is 5.56 Å². The molecule has 1 aromatic rings. The molecule has 0 aromatic heterocycles. The first-order valence-electron chi connectivity index (χ1n) is 4.37. The van der Waals surface area contributed by atoms with E-state index in [4.69, 9.17) is 16.3 Å². The van der Waals surface area contributed by atoms with Crippen LogP contribution in [-0.2, 0) is 16.8 Å². The summed E-state index contributed by atoms with van der Waals surface area (Å²) in [6.45, 7) is -0.233. The maximum Gasteiger partial charge on any atom is 0.419 e. The number of hydrogen-bond acceptors (Lipinski definition) is 2. The lowest BCUT2D eigenvalue weighted by Gasteiger charge is -2.14. The minimum absolute atomic E-state index is 0.0215. The number of halogens is 4. The Bertz CT molecular complexity index is 352. The maximum atomic E-state index is 12.6. The summed E-state index contributed by atoms with van der Waals surface area (Å²) >= 11 is 5.47. The van der Waals surface area contributed by atoms with Gasteiger partial charge in [0.2, 0.25) is 0 Å². The Morgan fingerprint density at radius 2 is 2.00 bits per heavy atom. The first-order valence-corrected chi connectivity index (χ1v) is 4.90. The summed E-state index contributed by atoms with van der Waals surface area (Å²) in [6, 6.07) is 3.69. The molecule has 0 atom stereocenters. The van der Waals surface area contributed by atoms with Gasteiger partial charge in [-0.3, -0.25) is 0 Å². The maximum absolute atomic E-state index is 12.6. The first kappa shape index (κ1) is 13.1. The van der Waals surface area contributed by atoms with Crippen molar-refractivity contribution in [1.29, 1.82) is 0 Å². The Balaban J connectivity index is 3.06. The molecule has 90 valence electrons. The number of alkyl halides is 4. The third kappa shape index (κ3) is 3.28. The van der Waals surface area contributed by atoms with Gasteiger partial charge in [0.15, 0.2) is 6.79 Å². The molecule has 0 radical (unpaired) electrons. The van der Waals surface area contributed by atoms with Crippen molar-refractivity contribution < 1.29 is 22.6 Å². The normalized spacial score (nSPS) is 11.6. The molecule has 1 aromatic carbocycles. The summed E-state index contributed by atoms with van der Waals surface area (Å²) in [5, 5.41) is 0. The molecule has 0 aliphatic carbocycles. The van der Waals surface area contributed by atoms with Crippen LogP contribution in [0.3, 0.4) is 0 Å². The van der Waals surface area contributed by atoms with Crippen LogP contribution in [0.15, 0.2) is 18.2 Å². The molecule has 0 aliphatic rings. The molecule has 0 spiro atoms. The lowest BCUT2D eigenvalue weighted by Crippen LogP contribution is -2.10. The van der Waals surface area contributed by atoms with Crippen molar-refractivity contribution >= 4 is 11.6 Å². The topological polar surface area (TPSA) is 18.5 Å². The van der Waals surface area contributed by atoms with Crippen molar-refractivity contribution in [2.24, 2.45) is 0 Å². The predicted octanol–water partition coefficient (Wildman–Crippen LogP) is 3.43. The zero-order chi connectivity index (χ0) is 12.2. The van der Waals surface area contributed by atoms with Gasteiger partial charge in [-0.15, -0.1) is 11.6 Å². The van der Waals surface area contributed by atoms with Crippen LogP contribution in [0.5, 0.6) is 5.75 Å². The van der Waals surface area contributed by atoms with Crippen molar-refractivity contribution in [3.63, 3.8) is 0 Å². The van der Waals surface area contributed by atoms with E-state index in [0.717, 1.165) is 6.07 Å². The highest BCUT2D eigenvalue weighted by Crippen LogP contribution is 2.37. The highest BCUT2D eigenvalue weighted by Gasteiger charge is 2.34. The number of hydrogen-bond donors (Lipinski definition) is 0. The molecule has 0 heterocycles. The molecule has 0 N–H and O–H groups in total. The van der Waals surface area contributed by atoms with Gasteiger partial charge in [0, 0.05) is 13.0 Å². The fourth-order valence-electron chi connectivity index (χ4n) is 1.13. The standard InChI is InChI=1S/C10H10ClF3O2/c1-15-6-16-9-3-2-7(5-11)4-8(9)10(12,13)14/h2-4H,5-6H2,1H3. The molecule has 0 fully saturated rings. The smallest absolute Gasteiger partial charge is 0.419 e. The van der Waals surface area contributed by atoms with E-state index < -0.39 is 11.7 Å². The highest BCUT2D eigenvalue weighted by atomic mass is 35.5. The van der Waals surface area contributed by atoms with Gasteiger partial charge in [-0.25, -0.2) is 0 Å². The molecule has 0 saturated carbocycles. The van der Waals surface area contributed by atoms with Crippen LogP contribution in [0.2, 0.25) is 0 Å². The van der Waals surface area contributed by atoms with Crippen LogP contribution in [0.1, 0.15) is 11.1 Å². The summed E-state index contributed by atoms with van der Waals surface area (Å²) in [5.41, 5.74) is -0.457. The van der Waals surface area contributed by atoms with Crippen LogP contribution in [0, 0.1) is 0 Å². The van der Waals surface area contributed by atoms with Crippen LogP contribution >= 0.6 is 11.6 Å². The van der Waals surface area contributed by atoms with Crippen molar-refractivity contribution in [2.45, 2.75) is 12.1 Å². The third-order valence-corrected chi connectivity index (χ3v) is 2.14. The van der Waals surface area contributed by atoms with E-state index >= 15 is 0 Å². The summed E-state index contributed by atoms with van der Waals surface area (Å²) in [7, 11) is 1.33. The lowest BCUT2D eigenvalue weighted by molar-refractivity contribution is -0.139. The Hall–Kier alpha value is -0.940. The Kier molecular flexibility index (Phi) is 4.44. The van der Waals surface area contributed by atoms with Crippen molar-refractivity contribution in [1.82, 2.24) is 0 Å². The van der Waals surface area contributed by atoms with Gasteiger partial charge in [-0.2, -0.15) is 13.2 Å². The molecule has 2 nitrogen and oxygen atoms in total. The monoisotopic (exact) mass is 254 g/mol. The van der Waals surface area contributed by atoms with Gasteiger partial charge < -0.3 is 9.47 Å². The molecule has 0 saturated heterocycles. The minimum Gasteiger partial charge on any atom is -0.467 e. The highest BCUT2D eigenvalue weighted by molar-refractivity contribution is 6.17. The van der Waals surface area contributed by atoms with Gasteiger partial charge in [-0.1, -0.05) is 6.07 Å². The molecule has 0 unspecified atom stereocenters. The minimum atomic E-state index is -4.47. The lowest BCUT2D eigenvalue weighted by atomic mass is 10.1. The number of benzene rings is 1. The van der Waals surface area contributed by atoms with Crippen molar-refractivity contribution in [2.75, 3.05) is 13.9 Å². The van der Waals surface area contributed by atoms with E-state index in [1.807, 2.05) is 0 Å². The molecular weight excluding hydrogens is 245 g/mol. The third-order valence-electron chi connectivity index (χ3n) is 1.84. The average molecular weight is 255 g/mol. The van der Waals surface area contributed by atoms with E-state index in [1.54, 1.807) is 0 Å². The van der Waals surface area contributed by atoms with Crippen molar-refractivity contribution in [3.05, 3.63) is 29.3 Å². The summed E-state index contributed by atoms with van der Waals surface area (Å²) in [5.74, 6) is -0.239. The second kappa shape index (κ2) is 5.41. The molecule has 0 bridgehead atoms. The van der Waals surface area contributed by atoms with E-state index in [2.05, 4.69) is 4.74 Å². The second-order valence-corrected chi connectivity index (χ2v) is 3.28. The molecule has 1 rings (SSSR count). The fourth-order valence-corrected chi connectivity index (χ4v) is 1.30. The van der Waals surface area contributed by atoms with Crippen LogP contribution < -0.4 is 4.74 Å².